The molecule has 11 atom stereocenters. The van der Waals surface area contributed by atoms with Crippen molar-refractivity contribution in [3.8, 4) is 0 Å². The van der Waals surface area contributed by atoms with Gasteiger partial charge in [-0.25, -0.2) is 0 Å². The molecule has 4 aliphatic carbocycles. The molecule has 0 amide bonds. The molecule has 32 heavy (non-hydrogen) atoms. The highest BCUT2D eigenvalue weighted by Crippen LogP contribution is 2.67. The second-order valence-corrected chi connectivity index (χ2v) is 13.1. The van der Waals surface area contributed by atoms with Gasteiger partial charge in [0.2, 0.25) is 0 Å². The summed E-state index contributed by atoms with van der Waals surface area (Å²) in [5.74, 6) is 3.51. The molecule has 184 valence electrons. The Morgan fingerprint density at radius 2 is 1.72 bits per heavy atom. The summed E-state index contributed by atoms with van der Waals surface area (Å²) in [4.78, 5) is 0. The minimum atomic E-state index is -0.373. The Labute approximate surface area is 197 Å². The van der Waals surface area contributed by atoms with E-state index in [1.807, 2.05) is 0 Å². The van der Waals surface area contributed by atoms with Gasteiger partial charge in [0.05, 0.1) is 18.3 Å². The summed E-state index contributed by atoms with van der Waals surface area (Å²) in [6, 6.07) is 0. The van der Waals surface area contributed by atoms with Crippen LogP contribution in [0.2, 0.25) is 0 Å². The standard InChI is InChI=1S/C29H50O3/c1-7-19(17(2)3)14-25(31)18(4)22-8-9-23-27-24(11-13-29(22,23)6)28(5)12-10-21(30)15-20(28)16-26(27)32/h16-19,21-27,30-32H,7-15H2,1-6H3/t18-,19-,21-,22?,23-,24-,25+,26+,27-,28-,29+/m0/s1. The first-order valence-electron chi connectivity index (χ1n) is 13.8. The third-order valence-electron chi connectivity index (χ3n) is 11.4. The van der Waals surface area contributed by atoms with Crippen LogP contribution < -0.4 is 0 Å². The zero-order chi connectivity index (χ0) is 23.4. The number of rotatable bonds is 6. The third kappa shape index (κ3) is 3.93. The van der Waals surface area contributed by atoms with Crippen molar-refractivity contribution in [2.75, 3.05) is 0 Å². The number of hydrogen-bond donors (Lipinski definition) is 3. The van der Waals surface area contributed by atoms with Crippen LogP contribution in [-0.4, -0.2) is 33.6 Å². The average molecular weight is 447 g/mol. The van der Waals surface area contributed by atoms with E-state index in [0.29, 0.717) is 41.4 Å². The number of aliphatic hydroxyl groups is 3. The molecule has 0 bridgehead atoms. The van der Waals surface area contributed by atoms with E-state index in [1.165, 1.54) is 31.3 Å². The van der Waals surface area contributed by atoms with Crippen LogP contribution in [0.4, 0.5) is 0 Å². The van der Waals surface area contributed by atoms with Gasteiger partial charge in [-0.2, -0.15) is 0 Å². The minimum Gasteiger partial charge on any atom is -0.393 e. The highest BCUT2D eigenvalue weighted by molar-refractivity contribution is 5.28. The zero-order valence-corrected chi connectivity index (χ0v) is 21.6. The van der Waals surface area contributed by atoms with Crippen molar-refractivity contribution in [1.29, 1.82) is 0 Å². The quantitative estimate of drug-likeness (QED) is 0.441. The van der Waals surface area contributed by atoms with Crippen LogP contribution in [0.1, 0.15) is 99.3 Å². The molecule has 0 aliphatic heterocycles. The van der Waals surface area contributed by atoms with E-state index in [0.717, 1.165) is 32.1 Å². The number of fused-ring (bicyclic) bond motifs is 5. The molecule has 0 aromatic rings. The Hall–Kier alpha value is -0.380. The van der Waals surface area contributed by atoms with Gasteiger partial charge in [0.25, 0.3) is 0 Å². The lowest BCUT2D eigenvalue weighted by atomic mass is 9.46. The summed E-state index contributed by atoms with van der Waals surface area (Å²) in [5, 5.41) is 32.9. The van der Waals surface area contributed by atoms with Gasteiger partial charge < -0.3 is 15.3 Å². The fourth-order valence-corrected chi connectivity index (χ4v) is 9.24. The molecule has 0 radical (unpaired) electrons. The highest BCUT2D eigenvalue weighted by Gasteiger charge is 2.61. The molecule has 3 saturated carbocycles. The average Bonchev–Trinajstić information content (AvgIpc) is 3.09. The Morgan fingerprint density at radius 3 is 2.38 bits per heavy atom. The molecule has 4 aliphatic rings. The van der Waals surface area contributed by atoms with Crippen molar-refractivity contribution in [1.82, 2.24) is 0 Å². The lowest BCUT2D eigenvalue weighted by Gasteiger charge is -2.59. The molecule has 3 fully saturated rings. The maximum Gasteiger partial charge on any atom is 0.0757 e. The van der Waals surface area contributed by atoms with E-state index in [2.05, 4.69) is 47.6 Å². The monoisotopic (exact) mass is 446 g/mol. The molecule has 3 nitrogen and oxygen atoms in total. The molecule has 3 heteroatoms. The lowest BCUT2D eigenvalue weighted by molar-refractivity contribution is -0.103. The van der Waals surface area contributed by atoms with Crippen LogP contribution in [0, 0.1) is 52.3 Å². The summed E-state index contributed by atoms with van der Waals surface area (Å²) in [5.41, 5.74) is 1.70. The van der Waals surface area contributed by atoms with E-state index < -0.39 is 0 Å². The van der Waals surface area contributed by atoms with E-state index in [-0.39, 0.29) is 29.1 Å². The smallest absolute Gasteiger partial charge is 0.0757 e. The molecule has 0 aromatic carbocycles. The molecule has 3 N–H and O–H groups in total. The van der Waals surface area contributed by atoms with E-state index in [9.17, 15) is 15.3 Å². The fourth-order valence-electron chi connectivity index (χ4n) is 9.24. The third-order valence-corrected chi connectivity index (χ3v) is 11.4. The Balaban J connectivity index is 1.55. The lowest BCUT2D eigenvalue weighted by Crippen LogP contribution is -2.55. The Kier molecular flexibility index (Phi) is 6.96. The molecular formula is C29H50O3. The molecule has 1 unspecified atom stereocenters. The topological polar surface area (TPSA) is 60.7 Å². The van der Waals surface area contributed by atoms with E-state index >= 15 is 0 Å². The Morgan fingerprint density at radius 1 is 1.00 bits per heavy atom. The van der Waals surface area contributed by atoms with Crippen LogP contribution in [-0.2, 0) is 0 Å². The Bertz CT molecular complexity index is 701. The van der Waals surface area contributed by atoms with Crippen LogP contribution in [0.5, 0.6) is 0 Å². The normalized spacial score (nSPS) is 46.6. The van der Waals surface area contributed by atoms with Crippen molar-refractivity contribution in [2.24, 2.45) is 52.3 Å². The highest BCUT2D eigenvalue weighted by atomic mass is 16.3. The van der Waals surface area contributed by atoms with Gasteiger partial charge in [-0.15, -0.1) is 0 Å². The predicted octanol–water partition coefficient (Wildman–Crippen LogP) is 5.97. The molecular weight excluding hydrogens is 396 g/mol. The second kappa shape index (κ2) is 9.00. The first-order valence-corrected chi connectivity index (χ1v) is 13.8. The van der Waals surface area contributed by atoms with Crippen LogP contribution in [0.25, 0.3) is 0 Å². The molecule has 0 spiro atoms. The number of aliphatic hydroxyl groups excluding tert-OH is 3. The van der Waals surface area contributed by atoms with Crippen molar-refractivity contribution in [2.45, 2.75) is 118 Å². The van der Waals surface area contributed by atoms with E-state index in [1.54, 1.807) is 0 Å². The van der Waals surface area contributed by atoms with Crippen LogP contribution in [0.15, 0.2) is 11.6 Å². The minimum absolute atomic E-state index is 0.152. The van der Waals surface area contributed by atoms with Gasteiger partial charge >= 0.3 is 0 Å². The molecule has 0 heterocycles. The summed E-state index contributed by atoms with van der Waals surface area (Å²) in [7, 11) is 0. The summed E-state index contributed by atoms with van der Waals surface area (Å²) in [6.45, 7) is 14.1. The van der Waals surface area contributed by atoms with Gasteiger partial charge in [0, 0.05) is 0 Å². The maximum atomic E-state index is 11.3. The summed E-state index contributed by atoms with van der Waals surface area (Å²) >= 11 is 0. The fraction of sp³-hybridized carbons (Fsp3) is 0.931. The van der Waals surface area contributed by atoms with Crippen LogP contribution >= 0.6 is 0 Å². The van der Waals surface area contributed by atoms with Gasteiger partial charge in [0.1, 0.15) is 0 Å². The first kappa shape index (κ1) is 24.7. The van der Waals surface area contributed by atoms with Gasteiger partial charge in [-0.1, -0.05) is 59.6 Å². The van der Waals surface area contributed by atoms with Gasteiger partial charge in [-0.3, -0.25) is 0 Å². The van der Waals surface area contributed by atoms with E-state index in [4.69, 9.17) is 0 Å². The number of hydrogen-bond acceptors (Lipinski definition) is 3. The van der Waals surface area contributed by atoms with Gasteiger partial charge in [-0.05, 0) is 104 Å². The summed E-state index contributed by atoms with van der Waals surface area (Å²) < 4.78 is 0. The molecule has 0 aromatic heterocycles. The first-order chi connectivity index (χ1) is 15.0. The summed E-state index contributed by atoms with van der Waals surface area (Å²) in [6.07, 6.45) is 10.9. The molecule has 4 rings (SSSR count). The predicted molar refractivity (Wildman–Crippen MR) is 131 cm³/mol. The van der Waals surface area contributed by atoms with Gasteiger partial charge in [0.15, 0.2) is 0 Å². The largest absolute Gasteiger partial charge is 0.393 e. The van der Waals surface area contributed by atoms with Crippen molar-refractivity contribution in [3.05, 3.63) is 11.6 Å². The maximum absolute atomic E-state index is 11.3. The SMILES string of the molecule is CC[C@@H](C[C@@H](O)[C@@H](C)C1CC[C@H]2[C@@H]3[C@H](O)C=C4C[C@@H](O)CC[C@]4(C)[C@H]3CC[C@]12C)C(C)C. The van der Waals surface area contributed by atoms with Crippen LogP contribution in [0.3, 0.4) is 0 Å². The zero-order valence-electron chi connectivity index (χ0n) is 21.6. The van der Waals surface area contributed by atoms with Crippen molar-refractivity contribution >= 4 is 0 Å². The van der Waals surface area contributed by atoms with Crippen molar-refractivity contribution in [3.63, 3.8) is 0 Å². The molecule has 0 saturated heterocycles. The van der Waals surface area contributed by atoms with Crippen molar-refractivity contribution < 1.29 is 15.3 Å². The second-order valence-electron chi connectivity index (χ2n) is 13.1.